The van der Waals surface area contributed by atoms with Crippen molar-refractivity contribution in [1.29, 1.82) is 0 Å². The highest BCUT2D eigenvalue weighted by Gasteiger charge is 2.07. The van der Waals surface area contributed by atoms with Crippen LogP contribution in [0.3, 0.4) is 0 Å². The minimum atomic E-state index is -4.02. The molecule has 216 valence electrons. The van der Waals surface area contributed by atoms with Crippen molar-refractivity contribution in [2.45, 2.75) is 25.1 Å². The number of hydrogen-bond donors (Lipinski definition) is 2. The second kappa shape index (κ2) is 19.4. The number of aromatic nitrogens is 1. The van der Waals surface area contributed by atoms with Gasteiger partial charge in [-0.3, -0.25) is 19.1 Å². The summed E-state index contributed by atoms with van der Waals surface area (Å²) in [4.78, 5) is 24.3. The maximum absolute atomic E-state index is 10.5. The molecule has 0 aliphatic heterocycles. The number of anilines is 1. The second-order valence-corrected chi connectivity index (χ2v) is 10.2. The van der Waals surface area contributed by atoms with Gasteiger partial charge in [-0.25, -0.2) is 0 Å². The molecule has 4 aromatic rings. The standard InChI is InChI=1S/C10H7Cl2N.C7H7NO.C7H8O3S.C3H4Cl2O.CH4/c11-6-10-8(12)5-7-3-1-2-4-9(7)13-10;8-7-4-2-1-3-6(7)5-9;1-6-2-4-7(5-3-6)11(8,9)10;4-1-3(6)2-5;/h1-5H,6H2;1-5H,8H2;2-5H,1H3,(H,8,9,10);1-2H2;1H4. The Labute approximate surface area is 255 Å². The van der Waals surface area contributed by atoms with E-state index in [9.17, 15) is 18.0 Å². The molecule has 0 unspecified atom stereocenters. The molecular formula is C28H30Cl4N2O5S. The highest BCUT2D eigenvalue weighted by atomic mass is 35.5. The number of carbonyl (C=O) groups excluding carboxylic acids is 2. The van der Waals surface area contributed by atoms with Gasteiger partial charge in [-0.2, -0.15) is 8.42 Å². The molecule has 0 aliphatic rings. The van der Waals surface area contributed by atoms with Crippen molar-refractivity contribution in [2.75, 3.05) is 17.5 Å². The Balaban J connectivity index is 0.000000521. The third-order valence-corrected chi connectivity index (χ3v) is 6.66. The van der Waals surface area contributed by atoms with E-state index in [2.05, 4.69) is 4.98 Å². The van der Waals surface area contributed by atoms with Crippen molar-refractivity contribution >= 4 is 85.2 Å². The first-order valence-electron chi connectivity index (χ1n) is 11.0. The molecule has 3 N–H and O–H groups in total. The first kappa shape index (κ1) is 37.3. The number of alkyl halides is 3. The van der Waals surface area contributed by atoms with E-state index in [0.717, 1.165) is 28.4 Å². The number of aryl methyl sites for hydroxylation is 1. The average Bonchev–Trinajstić information content (AvgIpc) is 2.93. The molecule has 1 heterocycles. The zero-order valence-electron chi connectivity index (χ0n) is 20.7. The molecule has 0 saturated carbocycles. The van der Waals surface area contributed by atoms with Gasteiger partial charge in [0.15, 0.2) is 12.1 Å². The minimum absolute atomic E-state index is 0. The Morgan fingerprint density at radius 2 is 1.50 bits per heavy atom. The zero-order chi connectivity index (χ0) is 29.4. The summed E-state index contributed by atoms with van der Waals surface area (Å²) in [5.74, 6) is 0.287. The Morgan fingerprint density at radius 3 is 1.95 bits per heavy atom. The van der Waals surface area contributed by atoms with Crippen LogP contribution in [0, 0.1) is 6.92 Å². The summed E-state index contributed by atoms with van der Waals surface area (Å²) in [6, 6.07) is 22.7. The molecule has 4 rings (SSSR count). The van der Waals surface area contributed by atoms with Crippen LogP contribution in [-0.2, 0) is 20.8 Å². The number of carbonyl (C=O) groups is 2. The van der Waals surface area contributed by atoms with Gasteiger partial charge in [0, 0.05) is 16.6 Å². The molecule has 0 bridgehead atoms. The molecule has 0 saturated heterocycles. The van der Waals surface area contributed by atoms with Crippen molar-refractivity contribution < 1.29 is 22.6 Å². The Morgan fingerprint density at radius 1 is 0.950 bits per heavy atom. The summed E-state index contributed by atoms with van der Waals surface area (Å²) in [5, 5.41) is 1.68. The van der Waals surface area contributed by atoms with Gasteiger partial charge >= 0.3 is 0 Å². The van der Waals surface area contributed by atoms with E-state index >= 15 is 0 Å². The predicted molar refractivity (Wildman–Crippen MR) is 167 cm³/mol. The van der Waals surface area contributed by atoms with Gasteiger partial charge in [-0.15, -0.1) is 34.8 Å². The zero-order valence-corrected chi connectivity index (χ0v) is 24.6. The number of halogens is 4. The number of hydrogen-bond acceptors (Lipinski definition) is 6. The van der Waals surface area contributed by atoms with Gasteiger partial charge in [0.05, 0.1) is 38.8 Å². The molecule has 0 aliphatic carbocycles. The largest absolute Gasteiger partial charge is 0.398 e. The van der Waals surface area contributed by atoms with Gasteiger partial charge < -0.3 is 5.73 Å². The fourth-order valence-corrected chi connectivity index (χ4v) is 3.85. The number of pyridine rings is 1. The van der Waals surface area contributed by atoms with Crippen LogP contribution >= 0.6 is 46.4 Å². The van der Waals surface area contributed by atoms with E-state index in [1.165, 1.54) is 12.1 Å². The smallest absolute Gasteiger partial charge is 0.294 e. The molecule has 40 heavy (non-hydrogen) atoms. The van der Waals surface area contributed by atoms with E-state index in [4.69, 9.17) is 56.7 Å². The van der Waals surface area contributed by atoms with Crippen LogP contribution in [0.5, 0.6) is 0 Å². The van der Waals surface area contributed by atoms with Crippen LogP contribution in [0.2, 0.25) is 5.02 Å². The number of nitrogen functional groups attached to an aromatic ring is 1. The summed E-state index contributed by atoms with van der Waals surface area (Å²) in [5.41, 5.74) is 9.11. The summed E-state index contributed by atoms with van der Waals surface area (Å²) in [6.45, 7) is 1.84. The summed E-state index contributed by atoms with van der Waals surface area (Å²) >= 11 is 21.7. The number of aldehydes is 1. The highest BCUT2D eigenvalue weighted by Crippen LogP contribution is 2.21. The van der Waals surface area contributed by atoms with Gasteiger partial charge in [0.1, 0.15) is 0 Å². The molecule has 7 nitrogen and oxygen atoms in total. The van der Waals surface area contributed by atoms with Crippen molar-refractivity contribution in [3.05, 3.63) is 101 Å². The lowest BCUT2D eigenvalue weighted by atomic mass is 10.2. The topological polar surface area (TPSA) is 127 Å². The van der Waals surface area contributed by atoms with Crippen LogP contribution in [0.4, 0.5) is 5.69 Å². The maximum atomic E-state index is 10.5. The molecule has 3 aromatic carbocycles. The lowest BCUT2D eigenvalue weighted by Gasteiger charge is -2.01. The van der Waals surface area contributed by atoms with Crippen molar-refractivity contribution in [2.24, 2.45) is 0 Å². The van der Waals surface area contributed by atoms with Crippen LogP contribution in [0.1, 0.15) is 29.0 Å². The van der Waals surface area contributed by atoms with Crippen LogP contribution in [0.25, 0.3) is 10.9 Å². The second-order valence-electron chi connectivity index (χ2n) is 7.58. The highest BCUT2D eigenvalue weighted by molar-refractivity contribution is 7.85. The number of nitrogens with two attached hydrogens (primary N) is 1. The van der Waals surface area contributed by atoms with Crippen molar-refractivity contribution in [3.63, 3.8) is 0 Å². The fourth-order valence-electron chi connectivity index (χ4n) is 2.59. The number of benzene rings is 3. The minimum Gasteiger partial charge on any atom is -0.398 e. The SMILES string of the molecule is C.Cc1ccc(S(=O)(=O)O)cc1.ClCc1nc2ccccc2cc1Cl.Nc1ccccc1C=O.O=C(CCl)CCl. The van der Waals surface area contributed by atoms with Crippen molar-refractivity contribution in [3.8, 4) is 0 Å². The normalized spacial score (nSPS) is 9.85. The Hall–Kier alpha value is -2.72. The molecule has 0 atom stereocenters. The summed E-state index contributed by atoms with van der Waals surface area (Å²) in [6.07, 6.45) is 0.745. The number of ketones is 1. The van der Waals surface area contributed by atoms with Crippen LogP contribution < -0.4 is 5.73 Å². The number of para-hydroxylation sites is 2. The molecule has 0 amide bonds. The van der Waals surface area contributed by atoms with Gasteiger partial charge in [0.2, 0.25) is 0 Å². The molecule has 0 fully saturated rings. The lowest BCUT2D eigenvalue weighted by Crippen LogP contribution is -1.98. The number of fused-ring (bicyclic) bond motifs is 1. The van der Waals surface area contributed by atoms with E-state index in [1.807, 2.05) is 37.3 Å². The Bertz CT molecular complexity index is 1460. The molecular weight excluding hydrogens is 618 g/mol. The quantitative estimate of drug-likeness (QED) is 0.0987. The summed E-state index contributed by atoms with van der Waals surface area (Å²) in [7, 11) is -4.02. The van der Waals surface area contributed by atoms with E-state index in [-0.39, 0.29) is 29.9 Å². The van der Waals surface area contributed by atoms with Crippen molar-refractivity contribution in [1.82, 2.24) is 4.98 Å². The molecule has 12 heteroatoms. The Kier molecular flexibility index (Phi) is 18.1. The van der Waals surface area contributed by atoms with E-state index in [1.54, 1.807) is 36.4 Å². The molecule has 0 radical (unpaired) electrons. The van der Waals surface area contributed by atoms with Crippen LogP contribution in [0.15, 0.2) is 83.8 Å². The lowest BCUT2D eigenvalue weighted by molar-refractivity contribution is -0.114. The average molecular weight is 648 g/mol. The summed E-state index contributed by atoms with van der Waals surface area (Å²) < 4.78 is 29.6. The number of Topliss-reactive ketones (excluding diaryl/α,β-unsaturated/α-hetero) is 1. The first-order chi connectivity index (χ1) is 18.5. The number of rotatable bonds is 5. The van der Waals surface area contributed by atoms with E-state index in [0.29, 0.717) is 22.2 Å². The fraction of sp³-hybridized carbons (Fsp3) is 0.179. The van der Waals surface area contributed by atoms with Gasteiger partial charge in [-0.1, -0.05) is 67.1 Å². The molecule has 0 spiro atoms. The van der Waals surface area contributed by atoms with Gasteiger partial charge in [0.25, 0.3) is 10.1 Å². The molecule has 1 aromatic heterocycles. The third kappa shape index (κ3) is 13.6. The van der Waals surface area contributed by atoms with E-state index < -0.39 is 10.1 Å². The van der Waals surface area contributed by atoms with Crippen LogP contribution in [-0.4, -0.2) is 41.8 Å². The maximum Gasteiger partial charge on any atom is 0.294 e. The van der Waals surface area contributed by atoms with Gasteiger partial charge in [-0.05, 0) is 43.3 Å². The number of nitrogens with zero attached hydrogens (tertiary/aromatic N) is 1. The predicted octanol–water partition coefficient (Wildman–Crippen LogP) is 7.62. The monoisotopic (exact) mass is 646 g/mol. The first-order valence-corrected chi connectivity index (χ1v) is 14.5. The third-order valence-electron chi connectivity index (χ3n) is 4.62.